The van der Waals surface area contributed by atoms with Crippen molar-refractivity contribution in [2.45, 2.75) is 83.1 Å². The minimum absolute atomic E-state index is 0.0754. The largest absolute Gasteiger partial charge is 0.463 e. The SMILES string of the molecule is CC(=O)O[C@@H]1CC[C@@]2(C)[C@@H](CC[C@@H]3[C@H]2CC[C@]2(C)C(=O)[C@H](Br)C[C@H]32)C1. The number of ketones is 1. The maximum Gasteiger partial charge on any atom is 0.302 e. The average Bonchev–Trinajstić information content (AvgIpc) is 2.78. The van der Waals surface area contributed by atoms with E-state index in [1.807, 2.05) is 0 Å². The van der Waals surface area contributed by atoms with E-state index in [-0.39, 0.29) is 22.3 Å². The smallest absolute Gasteiger partial charge is 0.302 e. The van der Waals surface area contributed by atoms with Crippen LogP contribution in [-0.2, 0) is 14.3 Å². The number of alkyl halides is 1. The molecule has 0 aromatic carbocycles. The minimum Gasteiger partial charge on any atom is -0.463 e. The number of rotatable bonds is 1. The van der Waals surface area contributed by atoms with Gasteiger partial charge in [0.05, 0.1) is 4.83 Å². The Labute approximate surface area is 159 Å². The van der Waals surface area contributed by atoms with Crippen LogP contribution in [0.5, 0.6) is 0 Å². The van der Waals surface area contributed by atoms with Crippen LogP contribution in [0.15, 0.2) is 0 Å². The van der Waals surface area contributed by atoms with E-state index in [2.05, 4.69) is 29.8 Å². The van der Waals surface area contributed by atoms with Crippen molar-refractivity contribution in [1.29, 1.82) is 0 Å². The number of hydrogen-bond acceptors (Lipinski definition) is 3. The van der Waals surface area contributed by atoms with E-state index < -0.39 is 0 Å². The topological polar surface area (TPSA) is 43.4 Å². The van der Waals surface area contributed by atoms with Gasteiger partial charge in [-0.3, -0.25) is 9.59 Å². The summed E-state index contributed by atoms with van der Waals surface area (Å²) < 4.78 is 5.54. The Bertz CT molecular complexity index is 590. The molecule has 140 valence electrons. The second-order valence-corrected chi connectivity index (χ2v) is 10.8. The van der Waals surface area contributed by atoms with E-state index >= 15 is 0 Å². The van der Waals surface area contributed by atoms with Gasteiger partial charge in [0.25, 0.3) is 0 Å². The molecule has 4 aliphatic rings. The normalized spacial score (nSPS) is 52.1. The number of fused-ring (bicyclic) bond motifs is 5. The van der Waals surface area contributed by atoms with Gasteiger partial charge in [-0.25, -0.2) is 0 Å². The molecular weight excluding hydrogens is 380 g/mol. The van der Waals surface area contributed by atoms with E-state index in [9.17, 15) is 9.59 Å². The zero-order valence-electron chi connectivity index (χ0n) is 15.7. The molecule has 0 radical (unpaired) electrons. The Hall–Kier alpha value is -0.380. The summed E-state index contributed by atoms with van der Waals surface area (Å²) in [6, 6.07) is 0. The molecule has 0 aromatic rings. The van der Waals surface area contributed by atoms with Gasteiger partial charge in [0, 0.05) is 12.3 Å². The highest BCUT2D eigenvalue weighted by atomic mass is 79.9. The molecule has 0 spiro atoms. The number of carbonyl (C=O) groups is 2. The van der Waals surface area contributed by atoms with Crippen molar-refractivity contribution >= 4 is 27.7 Å². The summed E-state index contributed by atoms with van der Waals surface area (Å²) in [6.45, 7) is 6.27. The monoisotopic (exact) mass is 410 g/mol. The molecule has 0 bridgehead atoms. The molecule has 4 aliphatic carbocycles. The fourth-order valence-electron chi connectivity index (χ4n) is 7.31. The Morgan fingerprint density at radius 1 is 1.08 bits per heavy atom. The minimum atomic E-state index is -0.136. The van der Waals surface area contributed by atoms with Crippen LogP contribution in [0.2, 0.25) is 0 Å². The van der Waals surface area contributed by atoms with Crippen LogP contribution >= 0.6 is 15.9 Å². The first kappa shape index (κ1) is 18.0. The third kappa shape index (κ3) is 2.64. The molecule has 0 aromatic heterocycles. The van der Waals surface area contributed by atoms with Crippen molar-refractivity contribution in [3.8, 4) is 0 Å². The number of Topliss-reactive ketones (excluding diaryl/α,β-unsaturated/α-hetero) is 1. The Balaban J connectivity index is 1.55. The summed E-state index contributed by atoms with van der Waals surface area (Å²) in [6.07, 6.45) is 9.15. The lowest BCUT2D eigenvalue weighted by atomic mass is 9.45. The molecule has 25 heavy (non-hydrogen) atoms. The van der Waals surface area contributed by atoms with Crippen molar-refractivity contribution < 1.29 is 14.3 Å². The summed E-state index contributed by atoms with van der Waals surface area (Å²) in [4.78, 5) is 24.2. The van der Waals surface area contributed by atoms with Gasteiger partial charge in [-0.15, -0.1) is 0 Å². The average molecular weight is 411 g/mol. The number of carbonyl (C=O) groups excluding carboxylic acids is 2. The zero-order chi connectivity index (χ0) is 18.0. The Morgan fingerprint density at radius 2 is 1.84 bits per heavy atom. The number of esters is 1. The number of halogens is 1. The fraction of sp³-hybridized carbons (Fsp3) is 0.905. The van der Waals surface area contributed by atoms with E-state index in [1.165, 1.54) is 32.6 Å². The van der Waals surface area contributed by atoms with Crippen LogP contribution in [0.25, 0.3) is 0 Å². The van der Waals surface area contributed by atoms with Gasteiger partial charge < -0.3 is 4.74 Å². The third-order valence-corrected chi connectivity index (χ3v) is 9.44. The molecule has 4 saturated carbocycles. The van der Waals surface area contributed by atoms with E-state index in [4.69, 9.17) is 4.74 Å². The molecule has 0 saturated heterocycles. The molecule has 8 atom stereocenters. The Morgan fingerprint density at radius 3 is 2.56 bits per heavy atom. The highest BCUT2D eigenvalue weighted by Crippen LogP contribution is 2.66. The van der Waals surface area contributed by atoms with Gasteiger partial charge in [0.15, 0.2) is 5.78 Å². The summed E-state index contributed by atoms with van der Waals surface area (Å²) in [5, 5.41) is 0. The van der Waals surface area contributed by atoms with E-state index in [0.717, 1.165) is 31.6 Å². The molecule has 0 unspecified atom stereocenters. The highest BCUT2D eigenvalue weighted by Gasteiger charge is 2.62. The van der Waals surface area contributed by atoms with Gasteiger partial charge in [-0.05, 0) is 80.5 Å². The van der Waals surface area contributed by atoms with Crippen molar-refractivity contribution in [1.82, 2.24) is 0 Å². The zero-order valence-corrected chi connectivity index (χ0v) is 17.3. The predicted octanol–water partition coefficient (Wildman–Crippen LogP) is 4.90. The van der Waals surface area contributed by atoms with Crippen molar-refractivity contribution in [3.05, 3.63) is 0 Å². The summed E-state index contributed by atoms with van der Waals surface area (Å²) in [7, 11) is 0. The lowest BCUT2D eigenvalue weighted by molar-refractivity contribution is -0.160. The Kier molecular flexibility index (Phi) is 4.37. The van der Waals surface area contributed by atoms with Crippen molar-refractivity contribution in [3.63, 3.8) is 0 Å². The van der Waals surface area contributed by atoms with Crippen LogP contribution < -0.4 is 0 Å². The van der Waals surface area contributed by atoms with Crippen molar-refractivity contribution in [2.24, 2.45) is 34.5 Å². The number of ether oxygens (including phenoxy) is 1. The number of hydrogen-bond donors (Lipinski definition) is 0. The van der Waals surface area contributed by atoms with Crippen LogP contribution in [0.1, 0.15) is 72.1 Å². The second-order valence-electron chi connectivity index (χ2n) is 9.69. The van der Waals surface area contributed by atoms with Crippen LogP contribution in [-0.4, -0.2) is 22.7 Å². The molecule has 4 heteroatoms. The molecule has 0 heterocycles. The van der Waals surface area contributed by atoms with Gasteiger partial charge in [-0.2, -0.15) is 0 Å². The van der Waals surface area contributed by atoms with Crippen molar-refractivity contribution in [2.75, 3.05) is 0 Å². The molecule has 0 aliphatic heterocycles. The summed E-state index contributed by atoms with van der Waals surface area (Å²) in [5.41, 5.74) is 0.280. The first-order chi connectivity index (χ1) is 11.8. The molecule has 4 rings (SSSR count). The summed E-state index contributed by atoms with van der Waals surface area (Å²) in [5.74, 6) is 3.01. The van der Waals surface area contributed by atoms with Gasteiger partial charge in [0.1, 0.15) is 6.10 Å². The van der Waals surface area contributed by atoms with Gasteiger partial charge in [0.2, 0.25) is 0 Å². The summed E-state index contributed by atoms with van der Waals surface area (Å²) >= 11 is 3.66. The molecule has 4 fully saturated rings. The maximum absolute atomic E-state index is 12.7. The molecule has 3 nitrogen and oxygen atoms in total. The standard InChI is InChI=1S/C21H31BrO3/c1-12(23)25-14-6-8-20(2)13(10-14)4-5-15-16(20)7-9-21(3)17(15)11-18(22)19(21)24/h13-18H,4-11H2,1-3H3/t13-,14+,15+,16+,17+,18+,20-,21-/m0/s1. The lowest BCUT2D eigenvalue weighted by Crippen LogP contribution is -2.54. The van der Waals surface area contributed by atoms with Crippen LogP contribution in [0, 0.1) is 34.5 Å². The van der Waals surface area contributed by atoms with E-state index in [1.54, 1.807) is 0 Å². The van der Waals surface area contributed by atoms with Gasteiger partial charge >= 0.3 is 5.97 Å². The first-order valence-corrected chi connectivity index (χ1v) is 11.0. The molecule has 0 N–H and O–H groups in total. The quantitative estimate of drug-likeness (QED) is 0.455. The highest BCUT2D eigenvalue weighted by molar-refractivity contribution is 9.10. The third-order valence-electron chi connectivity index (χ3n) is 8.65. The van der Waals surface area contributed by atoms with E-state index in [0.29, 0.717) is 29.0 Å². The first-order valence-electron chi connectivity index (χ1n) is 10.1. The second kappa shape index (κ2) is 6.07. The molecular formula is C21H31BrO3. The van der Waals surface area contributed by atoms with Gasteiger partial charge in [-0.1, -0.05) is 29.8 Å². The maximum atomic E-state index is 12.7. The van der Waals surface area contributed by atoms with Crippen LogP contribution in [0.4, 0.5) is 0 Å². The lowest BCUT2D eigenvalue weighted by Gasteiger charge is -2.60. The predicted molar refractivity (Wildman–Crippen MR) is 100 cm³/mol. The fourth-order valence-corrected chi connectivity index (χ4v) is 8.23. The molecule has 0 amide bonds. The van der Waals surface area contributed by atoms with Crippen LogP contribution in [0.3, 0.4) is 0 Å².